The van der Waals surface area contributed by atoms with E-state index in [9.17, 15) is 9.90 Å². The van der Waals surface area contributed by atoms with Gasteiger partial charge < -0.3 is 9.84 Å². The maximum absolute atomic E-state index is 11.2. The number of ether oxygens (including phenoxy) is 1. The summed E-state index contributed by atoms with van der Waals surface area (Å²) in [4.78, 5) is 11.2. The lowest BCUT2D eigenvalue weighted by atomic mass is 9.85. The molecule has 35 heavy (non-hydrogen) atoms. The number of allylic oxidation sites excluding steroid dienone is 1. The van der Waals surface area contributed by atoms with E-state index in [-0.39, 0.29) is 12.3 Å². The van der Waals surface area contributed by atoms with Gasteiger partial charge in [-0.05, 0) is 70.7 Å². The third kappa shape index (κ3) is 6.06. The minimum Gasteiger partial charge on any atom is -0.481 e. The third-order valence-corrected chi connectivity index (χ3v) is 6.43. The Hall–Kier alpha value is -3.70. The Balaban J connectivity index is 1.85. The first-order valence-electron chi connectivity index (χ1n) is 12.1. The average molecular weight is 469 g/mol. The Labute approximate surface area is 206 Å². The molecule has 0 fully saturated rings. The lowest BCUT2D eigenvalue weighted by Gasteiger charge is -2.19. The minimum atomic E-state index is -0.780. The monoisotopic (exact) mass is 468 g/mol. The second kappa shape index (κ2) is 11.6. The van der Waals surface area contributed by atoms with Gasteiger partial charge in [0.25, 0.3) is 0 Å². The molecule has 0 saturated carbocycles. The molecule has 0 aliphatic carbocycles. The van der Waals surface area contributed by atoms with Crippen LogP contribution in [0.1, 0.15) is 60.8 Å². The van der Waals surface area contributed by atoms with Crippen LogP contribution in [-0.2, 0) is 9.53 Å². The van der Waals surface area contributed by atoms with Crippen molar-refractivity contribution in [2.75, 3.05) is 13.7 Å². The molecule has 0 spiro atoms. The summed E-state index contributed by atoms with van der Waals surface area (Å²) >= 11 is 0. The summed E-state index contributed by atoms with van der Waals surface area (Å²) in [7, 11) is 1.74. The zero-order valence-electron chi connectivity index (χ0n) is 20.3. The molecule has 1 heterocycles. The largest absolute Gasteiger partial charge is 0.481 e. The van der Waals surface area contributed by atoms with Crippen molar-refractivity contribution in [2.24, 2.45) is 0 Å². The van der Waals surface area contributed by atoms with Gasteiger partial charge >= 0.3 is 5.97 Å². The Kier molecular flexibility index (Phi) is 8.11. The molecule has 0 aliphatic rings. The lowest BCUT2D eigenvalue weighted by Crippen LogP contribution is -2.03. The van der Waals surface area contributed by atoms with Gasteiger partial charge in [0.2, 0.25) is 0 Å². The number of aromatic amines is 1. The van der Waals surface area contributed by atoms with Crippen molar-refractivity contribution in [3.63, 3.8) is 0 Å². The van der Waals surface area contributed by atoms with Gasteiger partial charge in [0.05, 0.1) is 18.1 Å². The number of fused-ring (bicyclic) bond motifs is 1. The summed E-state index contributed by atoms with van der Waals surface area (Å²) < 4.78 is 5.29. The van der Waals surface area contributed by atoms with Crippen LogP contribution in [0.5, 0.6) is 0 Å². The normalized spacial score (nSPS) is 13.0. The van der Waals surface area contributed by atoms with Gasteiger partial charge in [-0.15, -0.1) is 0 Å². The summed E-state index contributed by atoms with van der Waals surface area (Å²) in [6.07, 6.45) is 4.90. The Morgan fingerprint density at radius 2 is 1.71 bits per heavy atom. The van der Waals surface area contributed by atoms with E-state index in [0.717, 1.165) is 53.5 Å². The number of H-pyrrole nitrogens is 1. The molecular formula is C30H32N2O3. The Morgan fingerprint density at radius 3 is 2.43 bits per heavy atom. The summed E-state index contributed by atoms with van der Waals surface area (Å²) in [5, 5.41) is 17.5. The van der Waals surface area contributed by atoms with Gasteiger partial charge in [-0.25, -0.2) is 0 Å². The summed E-state index contributed by atoms with van der Waals surface area (Å²) in [5.41, 5.74) is 7.97. The number of carbonyl (C=O) groups is 1. The average Bonchev–Trinajstić information content (AvgIpc) is 3.34. The van der Waals surface area contributed by atoms with Crippen LogP contribution in [0.3, 0.4) is 0 Å². The molecule has 0 radical (unpaired) electrons. The zero-order valence-corrected chi connectivity index (χ0v) is 20.3. The lowest BCUT2D eigenvalue weighted by molar-refractivity contribution is -0.137. The number of carboxylic acid groups (broad SMARTS) is 1. The van der Waals surface area contributed by atoms with Gasteiger partial charge in [-0.1, -0.05) is 67.6 Å². The molecule has 0 aliphatic heterocycles. The molecule has 0 amide bonds. The van der Waals surface area contributed by atoms with Crippen LogP contribution < -0.4 is 0 Å². The van der Waals surface area contributed by atoms with Crippen LogP contribution in [0.25, 0.3) is 22.0 Å². The summed E-state index contributed by atoms with van der Waals surface area (Å²) in [6.45, 7) is 2.70. The van der Waals surface area contributed by atoms with Crippen LogP contribution in [0.4, 0.5) is 0 Å². The van der Waals surface area contributed by atoms with Gasteiger partial charge in [-0.2, -0.15) is 5.10 Å². The molecule has 5 heteroatoms. The fourth-order valence-electron chi connectivity index (χ4n) is 4.57. The number of nitrogens with one attached hydrogen (secondary N) is 1. The highest BCUT2D eigenvalue weighted by Gasteiger charge is 2.16. The van der Waals surface area contributed by atoms with Crippen LogP contribution in [0.2, 0.25) is 0 Å². The SMILES string of the molecule is COCCCC/C(=C(/c1ccc([C@H](C)CC(=O)O)cc1)c1ccc2[nH]ncc2c1)c1ccccc1. The molecule has 2 N–H and O–H groups in total. The molecule has 1 aromatic heterocycles. The van der Waals surface area contributed by atoms with E-state index in [1.165, 1.54) is 16.7 Å². The van der Waals surface area contributed by atoms with E-state index in [4.69, 9.17) is 4.74 Å². The molecule has 180 valence electrons. The molecular weight excluding hydrogens is 436 g/mol. The van der Waals surface area contributed by atoms with Crippen molar-refractivity contribution in [3.8, 4) is 0 Å². The predicted molar refractivity (Wildman–Crippen MR) is 141 cm³/mol. The van der Waals surface area contributed by atoms with Crippen molar-refractivity contribution >= 4 is 28.0 Å². The maximum atomic E-state index is 11.2. The van der Waals surface area contributed by atoms with E-state index in [2.05, 4.69) is 76.9 Å². The van der Waals surface area contributed by atoms with E-state index in [1.54, 1.807) is 7.11 Å². The van der Waals surface area contributed by atoms with Crippen molar-refractivity contribution in [1.29, 1.82) is 0 Å². The van der Waals surface area contributed by atoms with Crippen molar-refractivity contribution in [2.45, 2.75) is 38.5 Å². The first-order chi connectivity index (χ1) is 17.1. The van der Waals surface area contributed by atoms with Crippen LogP contribution in [0.15, 0.2) is 79.0 Å². The molecule has 0 bridgehead atoms. The molecule has 4 aromatic rings. The fraction of sp³-hybridized carbons (Fsp3) is 0.267. The van der Waals surface area contributed by atoms with E-state index >= 15 is 0 Å². The van der Waals surface area contributed by atoms with Crippen molar-refractivity contribution in [1.82, 2.24) is 10.2 Å². The highest BCUT2D eigenvalue weighted by atomic mass is 16.5. The molecule has 1 atom stereocenters. The number of rotatable bonds is 11. The summed E-state index contributed by atoms with van der Waals surface area (Å²) in [6, 6.07) is 25.3. The van der Waals surface area contributed by atoms with Gasteiger partial charge in [-0.3, -0.25) is 9.89 Å². The number of aromatic nitrogens is 2. The van der Waals surface area contributed by atoms with Gasteiger partial charge in [0.1, 0.15) is 0 Å². The highest BCUT2D eigenvalue weighted by Crippen LogP contribution is 2.37. The minimum absolute atomic E-state index is 0.0427. The van der Waals surface area contributed by atoms with Gasteiger partial charge in [0.15, 0.2) is 0 Å². The van der Waals surface area contributed by atoms with Gasteiger partial charge in [0, 0.05) is 19.1 Å². The fourth-order valence-corrected chi connectivity index (χ4v) is 4.57. The number of hydrogen-bond acceptors (Lipinski definition) is 3. The molecule has 5 nitrogen and oxygen atoms in total. The second-order valence-corrected chi connectivity index (χ2v) is 8.96. The molecule has 0 unspecified atom stereocenters. The molecule has 0 saturated heterocycles. The molecule has 3 aromatic carbocycles. The summed E-state index contributed by atoms with van der Waals surface area (Å²) in [5.74, 6) is -0.822. The van der Waals surface area contributed by atoms with E-state index in [1.807, 2.05) is 19.2 Å². The topological polar surface area (TPSA) is 75.2 Å². The number of unbranched alkanes of at least 4 members (excludes halogenated alkanes) is 1. The van der Waals surface area contributed by atoms with Crippen molar-refractivity contribution < 1.29 is 14.6 Å². The standard InChI is InChI=1S/C30H32N2O3/c1-21(18-29(33)34)22-11-13-24(14-12-22)30(25-15-16-28-26(19-25)20-31-32-28)27(10-6-7-17-35-2)23-8-4-3-5-9-23/h3-5,8-9,11-16,19-21H,6-7,10,17-18H2,1-2H3,(H,31,32)(H,33,34)/b30-27+/t21-/m1/s1. The maximum Gasteiger partial charge on any atom is 0.303 e. The third-order valence-electron chi connectivity index (χ3n) is 6.43. The highest BCUT2D eigenvalue weighted by molar-refractivity contribution is 6.00. The smallest absolute Gasteiger partial charge is 0.303 e. The zero-order chi connectivity index (χ0) is 24.6. The Bertz CT molecular complexity index is 1290. The number of benzene rings is 3. The van der Waals surface area contributed by atoms with Crippen molar-refractivity contribution in [3.05, 3.63) is 101 Å². The van der Waals surface area contributed by atoms with Crippen LogP contribution in [0, 0.1) is 0 Å². The number of hydrogen-bond donors (Lipinski definition) is 2. The number of aliphatic carboxylic acids is 1. The molecule has 4 rings (SSSR count). The number of methoxy groups -OCH3 is 1. The number of carboxylic acids is 1. The van der Waals surface area contributed by atoms with Crippen LogP contribution in [-0.4, -0.2) is 35.0 Å². The first kappa shape index (κ1) is 24.4. The predicted octanol–water partition coefficient (Wildman–Crippen LogP) is 6.92. The first-order valence-corrected chi connectivity index (χ1v) is 12.1. The second-order valence-electron chi connectivity index (χ2n) is 8.96. The number of nitrogens with zero attached hydrogens (tertiary/aromatic N) is 1. The van der Waals surface area contributed by atoms with E-state index in [0.29, 0.717) is 0 Å². The Morgan fingerprint density at radius 1 is 0.971 bits per heavy atom. The van der Waals surface area contributed by atoms with Crippen LogP contribution >= 0.6 is 0 Å². The van der Waals surface area contributed by atoms with E-state index < -0.39 is 5.97 Å². The quantitative estimate of drug-likeness (QED) is 0.185.